The van der Waals surface area contributed by atoms with Crippen molar-refractivity contribution in [3.05, 3.63) is 52.0 Å². The number of pyridine rings is 2. The van der Waals surface area contributed by atoms with E-state index in [9.17, 15) is 18.0 Å². The number of nitrogens with one attached hydrogen (secondary N) is 1. The molecule has 0 amide bonds. The summed E-state index contributed by atoms with van der Waals surface area (Å²) in [5.41, 5.74) is 0.711. The van der Waals surface area contributed by atoms with E-state index < -0.39 is 18.3 Å². The second kappa shape index (κ2) is 6.52. The van der Waals surface area contributed by atoms with E-state index >= 15 is 0 Å². The number of benzene rings is 1. The monoisotopic (exact) mass is 408 g/mol. The van der Waals surface area contributed by atoms with Crippen LogP contribution in [0, 0.1) is 0 Å². The fourth-order valence-electron chi connectivity index (χ4n) is 3.17. The third kappa shape index (κ3) is 3.07. The summed E-state index contributed by atoms with van der Waals surface area (Å²) in [6, 6.07) is 6.40. The third-order valence-electron chi connectivity index (χ3n) is 4.33. The van der Waals surface area contributed by atoms with E-state index in [2.05, 4.69) is 15.2 Å². The van der Waals surface area contributed by atoms with E-state index in [0.29, 0.717) is 31.6 Å². The minimum Gasteiger partial charge on any atom is -0.481 e. The van der Waals surface area contributed by atoms with Gasteiger partial charge in [-0.05, 0) is 17.7 Å². The van der Waals surface area contributed by atoms with Gasteiger partial charge in [-0.15, -0.1) is 0 Å². The molecule has 1 aromatic carbocycles. The number of hydrogen-bond acceptors (Lipinski definition) is 4. The first-order chi connectivity index (χ1) is 13.3. The van der Waals surface area contributed by atoms with E-state index in [1.807, 2.05) is 0 Å². The van der Waals surface area contributed by atoms with E-state index in [0.717, 1.165) is 0 Å². The molecule has 3 aromatic heterocycles. The number of fused-ring (bicyclic) bond motifs is 3. The quantitative estimate of drug-likeness (QED) is 0.552. The maximum atomic E-state index is 13.1. The van der Waals surface area contributed by atoms with Crippen LogP contribution >= 0.6 is 11.6 Å². The van der Waals surface area contributed by atoms with Gasteiger partial charge in [0, 0.05) is 17.1 Å². The predicted octanol–water partition coefficient (Wildman–Crippen LogP) is 4.16. The van der Waals surface area contributed by atoms with Crippen molar-refractivity contribution in [1.82, 2.24) is 19.7 Å². The number of H-pyrrole nitrogens is 1. The predicted molar refractivity (Wildman–Crippen MR) is 98.7 cm³/mol. The van der Waals surface area contributed by atoms with Gasteiger partial charge in [-0.2, -0.15) is 18.3 Å². The Balaban J connectivity index is 2.06. The molecule has 0 radical (unpaired) electrons. The molecule has 0 aliphatic heterocycles. The van der Waals surface area contributed by atoms with Gasteiger partial charge in [0.15, 0.2) is 0 Å². The molecule has 0 saturated carbocycles. The molecule has 0 unspecified atom stereocenters. The van der Waals surface area contributed by atoms with Crippen LogP contribution in [0.15, 0.2) is 41.5 Å². The SMILES string of the molecule is COc1ncc(Cl)cc1-c1ccc2c3[nH]ncc3c(=O)n(CC(F)(F)F)c2c1. The molecule has 0 spiro atoms. The molecule has 144 valence electrons. The van der Waals surface area contributed by atoms with Crippen LogP contribution in [-0.4, -0.2) is 33.0 Å². The number of aromatic nitrogens is 4. The van der Waals surface area contributed by atoms with Crippen LogP contribution in [-0.2, 0) is 6.54 Å². The van der Waals surface area contributed by atoms with Gasteiger partial charge < -0.3 is 4.74 Å². The van der Waals surface area contributed by atoms with Crippen LogP contribution in [0.4, 0.5) is 13.2 Å². The Hall–Kier alpha value is -3.07. The van der Waals surface area contributed by atoms with Crippen LogP contribution < -0.4 is 10.3 Å². The second-order valence-corrected chi connectivity index (χ2v) is 6.54. The van der Waals surface area contributed by atoms with Gasteiger partial charge in [-0.3, -0.25) is 14.5 Å². The fourth-order valence-corrected chi connectivity index (χ4v) is 3.33. The number of rotatable bonds is 3. The lowest BCUT2D eigenvalue weighted by molar-refractivity contribution is -0.140. The zero-order valence-electron chi connectivity index (χ0n) is 14.3. The summed E-state index contributed by atoms with van der Waals surface area (Å²) in [7, 11) is 1.43. The summed E-state index contributed by atoms with van der Waals surface area (Å²) in [5, 5.41) is 7.35. The van der Waals surface area contributed by atoms with Gasteiger partial charge in [-0.25, -0.2) is 4.98 Å². The Bertz CT molecular complexity index is 1260. The zero-order chi connectivity index (χ0) is 20.1. The van der Waals surface area contributed by atoms with Crippen molar-refractivity contribution < 1.29 is 17.9 Å². The van der Waals surface area contributed by atoms with E-state index in [4.69, 9.17) is 16.3 Å². The largest absolute Gasteiger partial charge is 0.481 e. The smallest absolute Gasteiger partial charge is 0.406 e. The van der Waals surface area contributed by atoms with Gasteiger partial charge in [0.2, 0.25) is 5.88 Å². The summed E-state index contributed by atoms with van der Waals surface area (Å²) in [4.78, 5) is 16.7. The van der Waals surface area contributed by atoms with E-state index in [1.54, 1.807) is 18.2 Å². The second-order valence-electron chi connectivity index (χ2n) is 6.11. The summed E-state index contributed by atoms with van der Waals surface area (Å²) in [6.45, 7) is -1.42. The normalized spacial score (nSPS) is 12.0. The Labute approximate surface area is 160 Å². The molecule has 0 atom stereocenters. The first-order valence-electron chi connectivity index (χ1n) is 8.05. The molecule has 10 heteroatoms. The summed E-state index contributed by atoms with van der Waals surface area (Å²) in [5.74, 6) is 0.260. The van der Waals surface area contributed by atoms with Crippen molar-refractivity contribution in [3.63, 3.8) is 0 Å². The molecule has 3 heterocycles. The first-order valence-corrected chi connectivity index (χ1v) is 8.42. The molecule has 0 fully saturated rings. The highest BCUT2D eigenvalue weighted by Crippen LogP contribution is 2.34. The molecule has 6 nitrogen and oxygen atoms in total. The van der Waals surface area contributed by atoms with Gasteiger partial charge in [0.25, 0.3) is 5.56 Å². The maximum Gasteiger partial charge on any atom is 0.406 e. The van der Waals surface area contributed by atoms with Gasteiger partial charge in [0.1, 0.15) is 6.54 Å². The molecule has 1 N–H and O–H groups in total. The van der Waals surface area contributed by atoms with Crippen LogP contribution in [0.1, 0.15) is 0 Å². The molecule has 28 heavy (non-hydrogen) atoms. The Kier molecular flexibility index (Phi) is 4.26. The van der Waals surface area contributed by atoms with Crippen LogP contribution in [0.2, 0.25) is 5.02 Å². The number of methoxy groups -OCH3 is 1. The molecule has 0 aliphatic carbocycles. The van der Waals surface area contributed by atoms with Crippen LogP contribution in [0.5, 0.6) is 5.88 Å². The average molecular weight is 409 g/mol. The minimum atomic E-state index is -4.57. The van der Waals surface area contributed by atoms with E-state index in [-0.39, 0.29) is 16.8 Å². The van der Waals surface area contributed by atoms with Crippen molar-refractivity contribution in [3.8, 4) is 17.0 Å². The number of ether oxygens (including phenoxy) is 1. The zero-order valence-corrected chi connectivity index (χ0v) is 15.1. The number of halogens is 4. The average Bonchev–Trinajstić information content (AvgIpc) is 3.14. The van der Waals surface area contributed by atoms with E-state index in [1.165, 1.54) is 25.6 Å². The number of alkyl halides is 3. The van der Waals surface area contributed by atoms with Gasteiger partial charge >= 0.3 is 6.18 Å². The fraction of sp³-hybridized carbons (Fsp3) is 0.167. The Morgan fingerprint density at radius 1 is 1.21 bits per heavy atom. The number of hydrogen-bond donors (Lipinski definition) is 1. The lowest BCUT2D eigenvalue weighted by atomic mass is 10.0. The Morgan fingerprint density at radius 3 is 2.71 bits per heavy atom. The van der Waals surface area contributed by atoms with Crippen molar-refractivity contribution in [1.29, 1.82) is 0 Å². The van der Waals surface area contributed by atoms with Crippen LogP contribution in [0.3, 0.4) is 0 Å². The molecule has 0 aliphatic rings. The number of nitrogens with zero attached hydrogens (tertiary/aromatic N) is 3. The van der Waals surface area contributed by atoms with Crippen molar-refractivity contribution in [2.45, 2.75) is 12.7 Å². The highest BCUT2D eigenvalue weighted by atomic mass is 35.5. The molecule has 0 bridgehead atoms. The summed E-state index contributed by atoms with van der Waals surface area (Å²) >= 11 is 6.01. The van der Waals surface area contributed by atoms with Crippen molar-refractivity contribution in [2.75, 3.05) is 7.11 Å². The lowest BCUT2D eigenvalue weighted by Gasteiger charge is -2.15. The maximum absolute atomic E-state index is 13.1. The molecule has 4 rings (SSSR count). The van der Waals surface area contributed by atoms with Crippen molar-refractivity contribution >= 4 is 33.4 Å². The topological polar surface area (TPSA) is 72.8 Å². The third-order valence-corrected chi connectivity index (χ3v) is 4.54. The molecule has 0 saturated heterocycles. The lowest BCUT2D eigenvalue weighted by Crippen LogP contribution is -2.28. The minimum absolute atomic E-state index is 0.0894. The van der Waals surface area contributed by atoms with Gasteiger partial charge in [0.05, 0.1) is 34.7 Å². The number of aromatic amines is 1. The highest BCUT2D eigenvalue weighted by molar-refractivity contribution is 6.30. The highest BCUT2D eigenvalue weighted by Gasteiger charge is 2.30. The Morgan fingerprint density at radius 2 is 2.00 bits per heavy atom. The van der Waals surface area contributed by atoms with Crippen molar-refractivity contribution in [2.24, 2.45) is 0 Å². The van der Waals surface area contributed by atoms with Gasteiger partial charge in [-0.1, -0.05) is 23.7 Å². The summed E-state index contributed by atoms with van der Waals surface area (Å²) < 4.78 is 45.3. The molecular weight excluding hydrogens is 397 g/mol. The molecule has 4 aromatic rings. The first kappa shape index (κ1) is 18.3. The van der Waals surface area contributed by atoms with Crippen LogP contribution in [0.25, 0.3) is 32.9 Å². The summed E-state index contributed by atoms with van der Waals surface area (Å²) in [6.07, 6.45) is -1.94. The standard InChI is InChI=1S/C18H12ClF3N4O2/c1-28-16-12(5-10(19)6-23-16)9-2-3-11-14(4-9)26(8-18(20,21)22)17(27)13-7-24-25-15(11)13/h2-7H,8H2,1H3,(H,24,25). The molecular formula is C18H12ClF3N4O2.